The minimum atomic E-state index is -0.102. The van der Waals surface area contributed by atoms with Crippen LogP contribution in [0.1, 0.15) is 11.1 Å². The normalized spacial score (nSPS) is 17.0. The van der Waals surface area contributed by atoms with E-state index in [0.29, 0.717) is 23.1 Å². The van der Waals surface area contributed by atoms with Crippen molar-refractivity contribution in [1.82, 2.24) is 0 Å². The van der Waals surface area contributed by atoms with Gasteiger partial charge in [0.1, 0.15) is 11.5 Å². The molecule has 1 heterocycles. The van der Waals surface area contributed by atoms with Crippen molar-refractivity contribution in [2.75, 3.05) is 6.61 Å². The third-order valence-electron chi connectivity index (χ3n) is 3.70. The molecule has 0 saturated carbocycles. The topological polar surface area (TPSA) is 26.3 Å². The summed E-state index contributed by atoms with van der Waals surface area (Å²) >= 11 is 11.9. The lowest BCUT2D eigenvalue weighted by Crippen LogP contribution is -2.29. The lowest BCUT2D eigenvalue weighted by atomic mass is 9.90. The summed E-state index contributed by atoms with van der Waals surface area (Å²) in [7, 11) is 0. The Hall–Kier alpha value is -1.51. The fraction of sp³-hybridized carbons (Fsp3) is 0.235. The van der Waals surface area contributed by atoms with Gasteiger partial charge in [-0.3, -0.25) is 4.79 Å². The highest BCUT2D eigenvalue weighted by Gasteiger charge is 2.25. The molecule has 4 heteroatoms. The molecular formula is C17H14Cl2O2. The minimum Gasteiger partial charge on any atom is -0.493 e. The first-order valence-electron chi connectivity index (χ1n) is 6.81. The third kappa shape index (κ3) is 3.22. The van der Waals surface area contributed by atoms with Gasteiger partial charge in [0.2, 0.25) is 0 Å². The number of halogens is 2. The van der Waals surface area contributed by atoms with Crippen molar-refractivity contribution in [3.8, 4) is 5.75 Å². The van der Waals surface area contributed by atoms with Gasteiger partial charge in [0.05, 0.1) is 22.6 Å². The lowest BCUT2D eigenvalue weighted by Gasteiger charge is -2.24. The second-order valence-electron chi connectivity index (χ2n) is 5.21. The van der Waals surface area contributed by atoms with Crippen molar-refractivity contribution in [2.24, 2.45) is 5.92 Å². The molecule has 108 valence electrons. The van der Waals surface area contributed by atoms with Gasteiger partial charge >= 0.3 is 0 Å². The second-order valence-corrected chi connectivity index (χ2v) is 6.03. The number of hydrogen-bond donors (Lipinski definition) is 0. The first-order chi connectivity index (χ1) is 10.1. The molecule has 0 spiro atoms. The van der Waals surface area contributed by atoms with E-state index in [-0.39, 0.29) is 11.7 Å². The summed E-state index contributed by atoms with van der Waals surface area (Å²) in [5, 5.41) is 0.981. The van der Waals surface area contributed by atoms with E-state index >= 15 is 0 Å². The summed E-state index contributed by atoms with van der Waals surface area (Å²) in [4.78, 5) is 12.4. The van der Waals surface area contributed by atoms with E-state index in [2.05, 4.69) is 0 Å². The first kappa shape index (κ1) is 14.4. The van der Waals surface area contributed by atoms with Crippen molar-refractivity contribution in [1.29, 1.82) is 0 Å². The van der Waals surface area contributed by atoms with Gasteiger partial charge in [-0.2, -0.15) is 0 Å². The van der Waals surface area contributed by atoms with Crippen molar-refractivity contribution in [3.63, 3.8) is 0 Å². The predicted octanol–water partition coefficient (Wildman–Crippen LogP) is 4.36. The molecule has 0 radical (unpaired) electrons. The Morgan fingerprint density at radius 1 is 1.14 bits per heavy atom. The molecule has 3 rings (SSSR count). The molecule has 1 atom stereocenters. The number of carbonyl (C=O) groups is 1. The predicted molar refractivity (Wildman–Crippen MR) is 84.3 cm³/mol. The van der Waals surface area contributed by atoms with Crippen LogP contribution in [0, 0.1) is 5.92 Å². The third-order valence-corrected chi connectivity index (χ3v) is 4.44. The molecule has 0 aliphatic carbocycles. The fourth-order valence-electron chi connectivity index (χ4n) is 2.53. The van der Waals surface area contributed by atoms with Crippen molar-refractivity contribution in [3.05, 3.63) is 63.6 Å². The second kappa shape index (κ2) is 6.08. The smallest absolute Gasteiger partial charge is 0.144 e. The molecule has 0 saturated heterocycles. The van der Waals surface area contributed by atoms with Gasteiger partial charge in [-0.1, -0.05) is 47.5 Å². The fourth-order valence-corrected chi connectivity index (χ4v) is 2.85. The average molecular weight is 321 g/mol. The van der Waals surface area contributed by atoms with Crippen LogP contribution in [0.4, 0.5) is 0 Å². The van der Waals surface area contributed by atoms with Crippen LogP contribution in [0.15, 0.2) is 42.5 Å². The number of hydrogen-bond acceptors (Lipinski definition) is 2. The molecule has 0 aromatic heterocycles. The van der Waals surface area contributed by atoms with E-state index < -0.39 is 0 Å². The summed E-state index contributed by atoms with van der Waals surface area (Å²) in [6, 6.07) is 13.2. The van der Waals surface area contributed by atoms with Gasteiger partial charge in [0.25, 0.3) is 0 Å². The van der Waals surface area contributed by atoms with Crippen molar-refractivity contribution < 1.29 is 9.53 Å². The van der Waals surface area contributed by atoms with Crippen molar-refractivity contribution >= 4 is 29.0 Å². The molecule has 21 heavy (non-hydrogen) atoms. The molecule has 2 nitrogen and oxygen atoms in total. The molecule has 0 fully saturated rings. The quantitative estimate of drug-likeness (QED) is 0.840. The Balaban J connectivity index is 1.70. The zero-order valence-corrected chi connectivity index (χ0v) is 12.8. The van der Waals surface area contributed by atoms with E-state index in [1.807, 2.05) is 30.3 Å². The summed E-state index contributed by atoms with van der Waals surface area (Å²) in [5.41, 5.74) is 1.98. The maximum absolute atomic E-state index is 12.4. The molecule has 1 unspecified atom stereocenters. The summed E-state index contributed by atoms with van der Waals surface area (Å²) in [6.45, 7) is 0.442. The molecular weight excluding hydrogens is 307 g/mol. The van der Waals surface area contributed by atoms with Gasteiger partial charge in [0, 0.05) is 6.42 Å². The summed E-state index contributed by atoms with van der Waals surface area (Å²) < 4.78 is 5.67. The van der Waals surface area contributed by atoms with Gasteiger partial charge < -0.3 is 4.74 Å². The highest BCUT2D eigenvalue weighted by molar-refractivity contribution is 6.42. The standard InChI is InChI=1S/C17H14Cl2O2/c18-14-6-5-11(7-15(14)19)8-16(20)13-9-12-3-1-2-4-17(12)21-10-13/h1-7,13H,8-10H2. The van der Waals surface area contributed by atoms with Gasteiger partial charge in [0.15, 0.2) is 0 Å². The number of Topliss-reactive ketones (excluding diaryl/α,β-unsaturated/α-hetero) is 1. The minimum absolute atomic E-state index is 0.102. The number of rotatable bonds is 3. The largest absolute Gasteiger partial charge is 0.493 e. The van der Waals surface area contributed by atoms with Gasteiger partial charge in [-0.15, -0.1) is 0 Å². The number of ketones is 1. The number of carbonyl (C=O) groups excluding carboxylic acids is 1. The van der Waals surface area contributed by atoms with E-state index in [9.17, 15) is 4.79 Å². The van der Waals surface area contributed by atoms with E-state index in [0.717, 1.165) is 23.3 Å². The Kier molecular flexibility index (Phi) is 4.18. The lowest BCUT2D eigenvalue weighted by molar-refractivity contribution is -0.123. The van der Waals surface area contributed by atoms with Crippen LogP contribution in [0.5, 0.6) is 5.75 Å². The van der Waals surface area contributed by atoms with Gasteiger partial charge in [-0.05, 0) is 35.7 Å². The van der Waals surface area contributed by atoms with Crippen LogP contribution in [0.25, 0.3) is 0 Å². The highest BCUT2D eigenvalue weighted by Crippen LogP contribution is 2.28. The Morgan fingerprint density at radius 3 is 2.76 bits per heavy atom. The van der Waals surface area contributed by atoms with Crippen LogP contribution in [-0.2, 0) is 17.6 Å². The van der Waals surface area contributed by atoms with E-state index in [4.69, 9.17) is 27.9 Å². The van der Waals surface area contributed by atoms with Crippen LogP contribution < -0.4 is 4.74 Å². The zero-order valence-electron chi connectivity index (χ0n) is 11.3. The van der Waals surface area contributed by atoms with E-state index in [1.54, 1.807) is 12.1 Å². The molecule has 1 aliphatic rings. The first-order valence-corrected chi connectivity index (χ1v) is 7.56. The number of benzene rings is 2. The van der Waals surface area contributed by atoms with Crippen molar-refractivity contribution in [2.45, 2.75) is 12.8 Å². The molecule has 2 aromatic carbocycles. The zero-order chi connectivity index (χ0) is 14.8. The van der Waals surface area contributed by atoms with E-state index in [1.165, 1.54) is 0 Å². The summed E-state index contributed by atoms with van der Waals surface area (Å²) in [6.07, 6.45) is 1.09. The number of ether oxygens (including phenoxy) is 1. The van der Waals surface area contributed by atoms with Crippen LogP contribution in [-0.4, -0.2) is 12.4 Å². The molecule has 0 bridgehead atoms. The van der Waals surface area contributed by atoms with Crippen LogP contribution >= 0.6 is 23.2 Å². The molecule has 0 N–H and O–H groups in total. The maximum atomic E-state index is 12.4. The van der Waals surface area contributed by atoms with Crippen LogP contribution in [0.2, 0.25) is 10.0 Å². The monoisotopic (exact) mass is 320 g/mol. The average Bonchev–Trinajstić information content (AvgIpc) is 2.50. The van der Waals surface area contributed by atoms with Gasteiger partial charge in [-0.25, -0.2) is 0 Å². The molecule has 1 aliphatic heterocycles. The number of para-hydroxylation sites is 1. The maximum Gasteiger partial charge on any atom is 0.144 e. The SMILES string of the molecule is O=C(Cc1ccc(Cl)c(Cl)c1)C1COc2ccccc2C1. The Bertz CT molecular complexity index is 682. The van der Waals surface area contributed by atoms with Crippen LogP contribution in [0.3, 0.4) is 0 Å². The number of fused-ring (bicyclic) bond motifs is 1. The Morgan fingerprint density at radius 2 is 1.95 bits per heavy atom. The molecule has 0 amide bonds. The Labute approximate surface area is 133 Å². The molecule has 2 aromatic rings. The highest BCUT2D eigenvalue weighted by atomic mass is 35.5. The summed E-state index contributed by atoms with van der Waals surface area (Å²) in [5.74, 6) is 0.952.